The molecule has 37 heavy (non-hydrogen) atoms. The number of nitrogens with one attached hydrogen (secondary N) is 1. The number of nitrogens with zero attached hydrogens (tertiary/aromatic N) is 4. The molecule has 3 fully saturated rings. The molecule has 5 rings (SSSR count). The van der Waals surface area contributed by atoms with E-state index in [0.29, 0.717) is 13.2 Å². The molecule has 0 radical (unpaired) electrons. The van der Waals surface area contributed by atoms with Gasteiger partial charge in [-0.25, -0.2) is 4.79 Å². The fraction of sp³-hybridized carbons (Fsp3) is 0.423. The van der Waals surface area contributed by atoms with Gasteiger partial charge in [-0.15, -0.1) is 0 Å². The number of ether oxygens (including phenoxy) is 2. The summed E-state index contributed by atoms with van der Waals surface area (Å²) in [6, 6.07) is 15.3. The van der Waals surface area contributed by atoms with Crippen LogP contribution < -0.4 is 15.0 Å². The zero-order valence-corrected chi connectivity index (χ0v) is 20.8. The van der Waals surface area contributed by atoms with Crippen molar-refractivity contribution >= 4 is 23.6 Å². The number of amides is 3. The molecule has 0 aliphatic carbocycles. The summed E-state index contributed by atoms with van der Waals surface area (Å²) in [4.78, 5) is 45.4. The highest BCUT2D eigenvalue weighted by atomic mass is 16.5. The molecule has 2 aromatic carbocycles. The molecule has 3 amide bonds. The normalized spacial score (nSPS) is 25.6. The summed E-state index contributed by atoms with van der Waals surface area (Å²) in [7, 11) is 1.60. The van der Waals surface area contributed by atoms with Gasteiger partial charge in [0.25, 0.3) is 5.91 Å². The molecule has 2 aromatic rings. The molecule has 3 aliphatic rings. The number of carbonyl (C=O) groups excluding carboxylic acids is 3. The molecule has 4 unspecified atom stereocenters. The number of fused-ring (bicyclic) bond motifs is 3. The Labute approximate surface area is 215 Å². The highest BCUT2D eigenvalue weighted by Gasteiger charge is 2.57. The van der Waals surface area contributed by atoms with Crippen molar-refractivity contribution in [3.63, 3.8) is 0 Å². The number of benzene rings is 2. The molecule has 3 aliphatic heterocycles. The van der Waals surface area contributed by atoms with Crippen LogP contribution in [0.15, 0.2) is 54.6 Å². The first-order valence-electron chi connectivity index (χ1n) is 12.3. The third-order valence-electron chi connectivity index (χ3n) is 6.89. The Bertz CT molecular complexity index is 1150. The topological polar surface area (TPSA) is 115 Å². The van der Waals surface area contributed by atoms with Gasteiger partial charge in [0, 0.05) is 25.8 Å². The largest absolute Gasteiger partial charge is 0.494 e. The van der Waals surface area contributed by atoms with Gasteiger partial charge in [0.1, 0.15) is 37.4 Å². The number of imide groups is 1. The Hall–Kier alpha value is -3.67. The van der Waals surface area contributed by atoms with E-state index in [-0.39, 0.29) is 13.2 Å². The summed E-state index contributed by atoms with van der Waals surface area (Å²) in [5, 5.41) is 14.1. The standard InChI is InChI=1S/C26H31N5O6/c1-3-36-20-11-9-18(10-12-20)29-13-19(32)14-30-22-23(27-25(29)30)28(2)26(35)31(24(22)34)15-21(33)37-16-17-7-5-4-6-8-17/h4-12,19,22-23,25,27,32H,3,13-16H2,1-2H3. The minimum Gasteiger partial charge on any atom is -0.494 e. The van der Waals surface area contributed by atoms with Gasteiger partial charge in [-0.3, -0.25) is 24.7 Å². The van der Waals surface area contributed by atoms with Gasteiger partial charge in [-0.05, 0) is 36.8 Å². The highest BCUT2D eigenvalue weighted by molar-refractivity contribution is 6.02. The molecule has 0 spiro atoms. The molecule has 3 saturated heterocycles. The van der Waals surface area contributed by atoms with E-state index in [0.717, 1.165) is 21.9 Å². The third kappa shape index (κ3) is 4.85. The zero-order valence-electron chi connectivity index (χ0n) is 20.8. The van der Waals surface area contributed by atoms with Crippen LogP contribution in [0.5, 0.6) is 5.75 Å². The van der Waals surface area contributed by atoms with Gasteiger partial charge in [-0.1, -0.05) is 30.3 Å². The molecule has 0 aromatic heterocycles. The summed E-state index contributed by atoms with van der Waals surface area (Å²) in [6.45, 7) is 2.63. The Morgan fingerprint density at radius 1 is 1.08 bits per heavy atom. The lowest BCUT2D eigenvalue weighted by Crippen LogP contribution is -2.67. The number of aliphatic hydroxyl groups is 1. The van der Waals surface area contributed by atoms with Crippen molar-refractivity contribution < 1.29 is 29.0 Å². The molecule has 4 atom stereocenters. The third-order valence-corrected chi connectivity index (χ3v) is 6.89. The minimum atomic E-state index is -0.769. The lowest BCUT2D eigenvalue weighted by Gasteiger charge is -2.45. The SMILES string of the molecule is CCOc1ccc(N2CC(O)CN3C4C(=O)N(CC(=O)OCc5ccccc5)C(=O)N(C)C4NC23)cc1. The number of rotatable bonds is 7. The number of urea groups is 1. The summed E-state index contributed by atoms with van der Waals surface area (Å²) < 4.78 is 10.8. The number of hydrogen-bond acceptors (Lipinski definition) is 9. The number of anilines is 1. The second-order valence-electron chi connectivity index (χ2n) is 9.32. The fourth-order valence-electron chi connectivity index (χ4n) is 5.15. The molecule has 11 heteroatoms. The number of esters is 1. The summed E-state index contributed by atoms with van der Waals surface area (Å²) in [6.07, 6.45) is -1.76. The molecule has 3 heterocycles. The van der Waals surface area contributed by atoms with Crippen LogP contribution >= 0.6 is 0 Å². The van der Waals surface area contributed by atoms with Crippen LogP contribution in [-0.4, -0.2) is 95.6 Å². The van der Waals surface area contributed by atoms with Crippen molar-refractivity contribution in [2.75, 3.05) is 38.2 Å². The van der Waals surface area contributed by atoms with Crippen molar-refractivity contribution in [2.45, 2.75) is 38.1 Å². The maximum absolute atomic E-state index is 13.6. The molecule has 0 bridgehead atoms. The monoisotopic (exact) mass is 509 g/mol. The summed E-state index contributed by atoms with van der Waals surface area (Å²) in [5.74, 6) is -0.431. The average molecular weight is 510 g/mol. The van der Waals surface area contributed by atoms with Gasteiger partial charge in [0.2, 0.25) is 0 Å². The number of carbonyl (C=O) groups is 3. The first kappa shape index (κ1) is 25.0. The number of aliphatic hydroxyl groups excluding tert-OH is 1. The van der Waals surface area contributed by atoms with Crippen molar-refractivity contribution in [1.29, 1.82) is 0 Å². The zero-order chi connectivity index (χ0) is 26.1. The van der Waals surface area contributed by atoms with Crippen molar-refractivity contribution in [2.24, 2.45) is 0 Å². The van der Waals surface area contributed by atoms with Gasteiger partial charge in [-0.2, -0.15) is 0 Å². The molecular formula is C26H31N5O6. The van der Waals surface area contributed by atoms with Crippen LogP contribution in [0.2, 0.25) is 0 Å². The number of β-amino-alcohol motifs (C(OH)–C–C–N with tert-alkyl or cyclic N) is 1. The van der Waals surface area contributed by atoms with Gasteiger partial charge >= 0.3 is 12.0 Å². The minimum absolute atomic E-state index is 0.0524. The lowest BCUT2D eigenvalue weighted by molar-refractivity contribution is -0.152. The van der Waals surface area contributed by atoms with Crippen LogP contribution in [0.1, 0.15) is 12.5 Å². The van der Waals surface area contributed by atoms with E-state index < -0.39 is 49.1 Å². The van der Waals surface area contributed by atoms with Crippen molar-refractivity contribution in [1.82, 2.24) is 20.0 Å². The predicted octanol–water partition coefficient (Wildman–Crippen LogP) is 0.787. The lowest BCUT2D eigenvalue weighted by atomic mass is 10.1. The van der Waals surface area contributed by atoms with Crippen LogP contribution in [0.25, 0.3) is 0 Å². The number of likely N-dealkylation sites (N-methyl/N-ethyl adjacent to an activating group) is 1. The Morgan fingerprint density at radius 3 is 2.51 bits per heavy atom. The van der Waals surface area contributed by atoms with Gasteiger partial charge < -0.3 is 24.4 Å². The van der Waals surface area contributed by atoms with Crippen molar-refractivity contribution in [3.8, 4) is 5.75 Å². The van der Waals surface area contributed by atoms with Gasteiger partial charge in [0.15, 0.2) is 0 Å². The maximum atomic E-state index is 13.6. The molecule has 11 nitrogen and oxygen atoms in total. The van der Waals surface area contributed by atoms with E-state index in [1.54, 1.807) is 7.05 Å². The smallest absolute Gasteiger partial charge is 0.328 e. The quantitative estimate of drug-likeness (QED) is 0.523. The molecule has 2 N–H and O–H groups in total. The van der Waals surface area contributed by atoms with E-state index in [2.05, 4.69) is 5.32 Å². The van der Waals surface area contributed by atoms with Crippen molar-refractivity contribution in [3.05, 3.63) is 60.2 Å². The molecule has 0 saturated carbocycles. The first-order valence-corrected chi connectivity index (χ1v) is 12.3. The Morgan fingerprint density at radius 2 is 1.81 bits per heavy atom. The second-order valence-corrected chi connectivity index (χ2v) is 9.32. The Balaban J connectivity index is 1.32. The van der Waals surface area contributed by atoms with E-state index in [9.17, 15) is 19.5 Å². The average Bonchev–Trinajstić information content (AvgIpc) is 3.29. The van der Waals surface area contributed by atoms with Gasteiger partial charge in [0.05, 0.1) is 12.7 Å². The van der Waals surface area contributed by atoms with Crippen LogP contribution in [0, 0.1) is 0 Å². The fourth-order valence-corrected chi connectivity index (χ4v) is 5.15. The molecule has 196 valence electrons. The van der Waals surface area contributed by atoms with E-state index in [1.807, 2.05) is 71.3 Å². The van der Waals surface area contributed by atoms with E-state index in [1.165, 1.54) is 4.90 Å². The highest BCUT2D eigenvalue weighted by Crippen LogP contribution is 2.33. The number of hydrogen-bond donors (Lipinski definition) is 2. The van der Waals surface area contributed by atoms with Crippen LogP contribution in [-0.2, 0) is 20.9 Å². The van der Waals surface area contributed by atoms with Crippen LogP contribution in [0.4, 0.5) is 10.5 Å². The summed E-state index contributed by atoms with van der Waals surface area (Å²) in [5.41, 5.74) is 1.65. The second kappa shape index (κ2) is 10.4. The summed E-state index contributed by atoms with van der Waals surface area (Å²) >= 11 is 0. The Kier molecular flexibility index (Phi) is 7.00. The van der Waals surface area contributed by atoms with E-state index in [4.69, 9.17) is 9.47 Å². The van der Waals surface area contributed by atoms with E-state index >= 15 is 0 Å². The predicted molar refractivity (Wildman–Crippen MR) is 133 cm³/mol. The first-order chi connectivity index (χ1) is 17.9. The molecular weight excluding hydrogens is 478 g/mol. The van der Waals surface area contributed by atoms with Crippen LogP contribution in [0.3, 0.4) is 0 Å². The maximum Gasteiger partial charge on any atom is 0.328 e.